The highest BCUT2D eigenvalue weighted by molar-refractivity contribution is 6.00. The van der Waals surface area contributed by atoms with E-state index in [0.717, 1.165) is 11.4 Å². The van der Waals surface area contributed by atoms with Gasteiger partial charge in [0.2, 0.25) is 0 Å². The summed E-state index contributed by atoms with van der Waals surface area (Å²) in [5, 5.41) is 3.26. The van der Waals surface area contributed by atoms with E-state index >= 15 is 0 Å². The van der Waals surface area contributed by atoms with E-state index in [1.165, 1.54) is 12.5 Å². The Morgan fingerprint density at radius 1 is 1.11 bits per heavy atom. The van der Waals surface area contributed by atoms with E-state index in [2.05, 4.69) is 5.32 Å². The van der Waals surface area contributed by atoms with Crippen LogP contribution >= 0.6 is 0 Å². The fourth-order valence-electron chi connectivity index (χ4n) is 1.83. The third kappa shape index (κ3) is 2.69. The summed E-state index contributed by atoms with van der Waals surface area (Å²) in [5.41, 5.74) is 9.86. The maximum absolute atomic E-state index is 11.4. The van der Waals surface area contributed by atoms with Gasteiger partial charge in [0.25, 0.3) is 0 Å². The van der Waals surface area contributed by atoms with Gasteiger partial charge in [-0.1, -0.05) is 12.1 Å². The first kappa shape index (κ1) is 12.2. The van der Waals surface area contributed by atoms with Gasteiger partial charge in [-0.25, -0.2) is 0 Å². The molecule has 2 rings (SSSR count). The van der Waals surface area contributed by atoms with E-state index in [0.29, 0.717) is 11.3 Å². The second kappa shape index (κ2) is 4.92. The van der Waals surface area contributed by atoms with Crippen LogP contribution in [0.4, 0.5) is 17.1 Å². The van der Waals surface area contributed by atoms with Gasteiger partial charge in [-0.15, -0.1) is 0 Å². The van der Waals surface area contributed by atoms with Gasteiger partial charge >= 0.3 is 0 Å². The molecule has 18 heavy (non-hydrogen) atoms. The summed E-state index contributed by atoms with van der Waals surface area (Å²) in [6.07, 6.45) is 0. The predicted molar refractivity (Wildman–Crippen MR) is 75.3 cm³/mol. The first-order chi connectivity index (χ1) is 8.56. The predicted octanol–water partition coefficient (Wildman–Crippen LogP) is 3.52. The summed E-state index contributed by atoms with van der Waals surface area (Å²) in [7, 11) is 0. The molecular formula is C15H16N2O. The maximum atomic E-state index is 11.4. The van der Waals surface area contributed by atoms with Gasteiger partial charge in [-0.05, 0) is 49.7 Å². The van der Waals surface area contributed by atoms with Crippen LogP contribution in [0.3, 0.4) is 0 Å². The number of benzene rings is 2. The number of anilines is 3. The SMILES string of the molecule is CC(=O)c1cc(Nc2cccc(C)c2)ccc1N. The molecule has 0 aromatic heterocycles. The van der Waals surface area contributed by atoms with Crippen LogP contribution < -0.4 is 11.1 Å². The highest BCUT2D eigenvalue weighted by Crippen LogP contribution is 2.22. The Labute approximate surface area is 107 Å². The smallest absolute Gasteiger partial charge is 0.161 e. The van der Waals surface area contributed by atoms with Crippen LogP contribution in [0, 0.1) is 6.92 Å². The Balaban J connectivity index is 2.30. The molecular weight excluding hydrogens is 224 g/mol. The lowest BCUT2D eigenvalue weighted by atomic mass is 10.1. The minimum Gasteiger partial charge on any atom is -0.398 e. The highest BCUT2D eigenvalue weighted by Gasteiger charge is 2.05. The van der Waals surface area contributed by atoms with Gasteiger partial charge in [0.1, 0.15) is 0 Å². The van der Waals surface area contributed by atoms with E-state index in [9.17, 15) is 4.79 Å². The monoisotopic (exact) mass is 240 g/mol. The molecule has 0 unspecified atom stereocenters. The number of nitrogens with one attached hydrogen (secondary N) is 1. The molecule has 0 spiro atoms. The average Bonchev–Trinajstić information content (AvgIpc) is 2.31. The van der Waals surface area contributed by atoms with Crippen LogP contribution in [0.5, 0.6) is 0 Å². The van der Waals surface area contributed by atoms with Crippen molar-refractivity contribution in [3.8, 4) is 0 Å². The number of aryl methyl sites for hydroxylation is 1. The molecule has 0 aliphatic carbocycles. The molecule has 2 aromatic carbocycles. The van der Waals surface area contributed by atoms with Crippen LogP contribution in [-0.4, -0.2) is 5.78 Å². The lowest BCUT2D eigenvalue weighted by Gasteiger charge is -2.09. The summed E-state index contributed by atoms with van der Waals surface area (Å²) in [5.74, 6) is -0.0274. The van der Waals surface area contributed by atoms with Crippen LogP contribution in [0.2, 0.25) is 0 Å². The second-order valence-electron chi connectivity index (χ2n) is 4.35. The van der Waals surface area contributed by atoms with Crippen molar-refractivity contribution in [2.45, 2.75) is 13.8 Å². The van der Waals surface area contributed by atoms with Crippen molar-refractivity contribution >= 4 is 22.8 Å². The number of nitrogen functional groups attached to an aromatic ring is 1. The van der Waals surface area contributed by atoms with Crippen molar-refractivity contribution in [2.24, 2.45) is 0 Å². The fourth-order valence-corrected chi connectivity index (χ4v) is 1.83. The van der Waals surface area contributed by atoms with Crippen molar-refractivity contribution in [1.82, 2.24) is 0 Å². The lowest BCUT2D eigenvalue weighted by molar-refractivity contribution is 0.101. The Hall–Kier alpha value is -2.29. The van der Waals surface area contributed by atoms with Gasteiger partial charge in [0, 0.05) is 22.6 Å². The van der Waals surface area contributed by atoms with Crippen LogP contribution in [-0.2, 0) is 0 Å². The Bertz CT molecular complexity index is 591. The van der Waals surface area contributed by atoms with Gasteiger partial charge in [-0.3, -0.25) is 4.79 Å². The lowest BCUT2D eigenvalue weighted by Crippen LogP contribution is -2.01. The normalized spacial score (nSPS) is 10.1. The zero-order valence-corrected chi connectivity index (χ0v) is 10.5. The van der Waals surface area contributed by atoms with Crippen molar-refractivity contribution in [2.75, 3.05) is 11.1 Å². The first-order valence-corrected chi connectivity index (χ1v) is 5.80. The molecule has 0 heterocycles. The second-order valence-corrected chi connectivity index (χ2v) is 4.35. The Morgan fingerprint density at radius 3 is 2.50 bits per heavy atom. The molecule has 0 bridgehead atoms. The molecule has 0 saturated heterocycles. The first-order valence-electron chi connectivity index (χ1n) is 5.80. The van der Waals surface area contributed by atoms with Crippen molar-refractivity contribution in [3.63, 3.8) is 0 Å². The fraction of sp³-hybridized carbons (Fsp3) is 0.133. The molecule has 3 heteroatoms. The summed E-state index contributed by atoms with van der Waals surface area (Å²) < 4.78 is 0. The van der Waals surface area contributed by atoms with E-state index in [-0.39, 0.29) is 5.78 Å². The van der Waals surface area contributed by atoms with E-state index < -0.39 is 0 Å². The summed E-state index contributed by atoms with van der Waals surface area (Å²) in [6, 6.07) is 13.4. The van der Waals surface area contributed by atoms with Gasteiger partial charge in [0.05, 0.1) is 0 Å². The number of Topliss-reactive ketones (excluding diaryl/α,β-unsaturated/α-hetero) is 1. The van der Waals surface area contributed by atoms with E-state index in [1.807, 2.05) is 37.3 Å². The molecule has 3 N–H and O–H groups in total. The molecule has 0 saturated carbocycles. The molecule has 0 atom stereocenters. The van der Waals surface area contributed by atoms with Crippen LogP contribution in [0.1, 0.15) is 22.8 Å². The number of carbonyl (C=O) groups is 1. The molecule has 0 aliphatic rings. The highest BCUT2D eigenvalue weighted by atomic mass is 16.1. The number of rotatable bonds is 3. The largest absolute Gasteiger partial charge is 0.398 e. The molecule has 0 radical (unpaired) electrons. The van der Waals surface area contributed by atoms with Gasteiger partial charge in [-0.2, -0.15) is 0 Å². The van der Waals surface area contributed by atoms with Crippen LogP contribution in [0.15, 0.2) is 42.5 Å². The summed E-state index contributed by atoms with van der Waals surface area (Å²) >= 11 is 0. The number of carbonyl (C=O) groups excluding carboxylic acids is 1. The minimum atomic E-state index is -0.0274. The Kier molecular flexibility index (Phi) is 3.33. The Morgan fingerprint density at radius 2 is 1.83 bits per heavy atom. The van der Waals surface area contributed by atoms with E-state index in [4.69, 9.17) is 5.73 Å². The third-order valence-electron chi connectivity index (χ3n) is 2.74. The topological polar surface area (TPSA) is 55.1 Å². The quantitative estimate of drug-likeness (QED) is 0.637. The van der Waals surface area contributed by atoms with Crippen molar-refractivity contribution in [3.05, 3.63) is 53.6 Å². The summed E-state index contributed by atoms with van der Waals surface area (Å²) in [6.45, 7) is 3.55. The zero-order valence-electron chi connectivity index (χ0n) is 10.5. The van der Waals surface area contributed by atoms with E-state index in [1.54, 1.807) is 12.1 Å². The molecule has 3 nitrogen and oxygen atoms in total. The average molecular weight is 240 g/mol. The number of nitrogens with two attached hydrogens (primary N) is 1. The summed E-state index contributed by atoms with van der Waals surface area (Å²) in [4.78, 5) is 11.4. The molecule has 0 amide bonds. The molecule has 92 valence electrons. The molecule has 0 fully saturated rings. The standard InChI is InChI=1S/C15H16N2O/c1-10-4-3-5-12(8-10)17-13-6-7-15(16)14(9-13)11(2)18/h3-9,17H,16H2,1-2H3. The van der Waals surface area contributed by atoms with Crippen molar-refractivity contribution in [1.29, 1.82) is 0 Å². The third-order valence-corrected chi connectivity index (χ3v) is 2.74. The van der Waals surface area contributed by atoms with Gasteiger partial charge in [0.15, 0.2) is 5.78 Å². The van der Waals surface area contributed by atoms with Crippen molar-refractivity contribution < 1.29 is 4.79 Å². The van der Waals surface area contributed by atoms with Crippen LogP contribution in [0.25, 0.3) is 0 Å². The number of hydrogen-bond donors (Lipinski definition) is 2. The molecule has 2 aromatic rings. The number of hydrogen-bond acceptors (Lipinski definition) is 3. The molecule has 0 aliphatic heterocycles. The number of ketones is 1. The minimum absolute atomic E-state index is 0.0274. The van der Waals surface area contributed by atoms with Gasteiger partial charge < -0.3 is 11.1 Å². The zero-order chi connectivity index (χ0) is 13.1. The maximum Gasteiger partial charge on any atom is 0.161 e.